The fraction of sp³-hybridized carbons (Fsp3) is 0.188. The number of nitrogens with zero attached hydrogens (tertiary/aromatic N) is 1. The summed E-state index contributed by atoms with van der Waals surface area (Å²) in [4.78, 5) is 14.0. The van der Waals surface area contributed by atoms with Crippen LogP contribution in [0.4, 0.5) is 5.69 Å². The number of aromatic hydroxyl groups is 1. The third-order valence-corrected chi connectivity index (χ3v) is 2.97. The van der Waals surface area contributed by atoms with Crippen molar-refractivity contribution in [3.63, 3.8) is 0 Å². The van der Waals surface area contributed by atoms with Crippen molar-refractivity contribution in [1.29, 1.82) is 0 Å². The number of rotatable bonds is 5. The molecule has 0 saturated heterocycles. The van der Waals surface area contributed by atoms with E-state index in [1.807, 2.05) is 19.1 Å². The minimum Gasteiger partial charge on any atom is -0.508 e. The smallest absolute Gasteiger partial charge is 0.240 e. The van der Waals surface area contributed by atoms with Crippen LogP contribution in [0.2, 0.25) is 0 Å². The standard InChI is InChI=1S/C16H15NO3/c1-2-12-9-14(19)7-8-16(12)20-10-13-5-3-4-6-15(13)17-11-18/h3-9,19H,2,10H2,1H3. The van der Waals surface area contributed by atoms with Crippen molar-refractivity contribution < 1.29 is 14.6 Å². The van der Waals surface area contributed by atoms with Gasteiger partial charge in [-0.15, -0.1) is 0 Å². The molecule has 0 radical (unpaired) electrons. The first-order chi connectivity index (χ1) is 9.74. The third-order valence-electron chi connectivity index (χ3n) is 2.97. The molecule has 0 aromatic heterocycles. The fourth-order valence-electron chi connectivity index (χ4n) is 1.93. The molecule has 0 saturated carbocycles. The van der Waals surface area contributed by atoms with Crippen LogP contribution in [0.15, 0.2) is 47.5 Å². The lowest BCUT2D eigenvalue weighted by atomic mass is 10.1. The van der Waals surface area contributed by atoms with Crippen LogP contribution >= 0.6 is 0 Å². The SMILES string of the molecule is CCc1cc(O)ccc1OCc1ccccc1N=C=O. The summed E-state index contributed by atoms with van der Waals surface area (Å²) in [6.07, 6.45) is 2.30. The Hall–Kier alpha value is -2.58. The van der Waals surface area contributed by atoms with Crippen molar-refractivity contribution in [2.75, 3.05) is 0 Å². The number of aryl methyl sites for hydroxylation is 1. The quantitative estimate of drug-likeness (QED) is 0.667. The molecule has 0 aliphatic carbocycles. The monoisotopic (exact) mass is 269 g/mol. The molecule has 2 aromatic rings. The topological polar surface area (TPSA) is 58.9 Å². The zero-order valence-electron chi connectivity index (χ0n) is 11.2. The van der Waals surface area contributed by atoms with Gasteiger partial charge in [0.15, 0.2) is 0 Å². The van der Waals surface area contributed by atoms with Gasteiger partial charge in [0.05, 0.1) is 5.69 Å². The van der Waals surface area contributed by atoms with Crippen molar-refractivity contribution in [2.45, 2.75) is 20.0 Å². The van der Waals surface area contributed by atoms with Crippen molar-refractivity contribution in [2.24, 2.45) is 4.99 Å². The van der Waals surface area contributed by atoms with Crippen LogP contribution < -0.4 is 4.74 Å². The molecule has 1 N–H and O–H groups in total. The molecular weight excluding hydrogens is 254 g/mol. The molecular formula is C16H15NO3. The highest BCUT2D eigenvalue weighted by atomic mass is 16.5. The highest BCUT2D eigenvalue weighted by Gasteiger charge is 2.06. The van der Waals surface area contributed by atoms with Crippen LogP contribution in [0, 0.1) is 0 Å². The molecule has 102 valence electrons. The Morgan fingerprint density at radius 3 is 2.75 bits per heavy atom. The van der Waals surface area contributed by atoms with Gasteiger partial charge >= 0.3 is 0 Å². The number of ether oxygens (including phenoxy) is 1. The van der Waals surface area contributed by atoms with Gasteiger partial charge < -0.3 is 9.84 Å². The summed E-state index contributed by atoms with van der Waals surface area (Å²) < 4.78 is 5.76. The van der Waals surface area contributed by atoms with Crippen LogP contribution in [0.25, 0.3) is 0 Å². The van der Waals surface area contributed by atoms with E-state index in [9.17, 15) is 9.90 Å². The molecule has 0 spiro atoms. The van der Waals surface area contributed by atoms with Crippen LogP contribution in [0.1, 0.15) is 18.1 Å². The van der Waals surface area contributed by atoms with Crippen LogP contribution in [0.5, 0.6) is 11.5 Å². The van der Waals surface area contributed by atoms with Gasteiger partial charge in [-0.25, -0.2) is 4.79 Å². The summed E-state index contributed by atoms with van der Waals surface area (Å²) in [5, 5.41) is 9.45. The van der Waals surface area contributed by atoms with E-state index in [0.717, 1.165) is 23.3 Å². The fourth-order valence-corrected chi connectivity index (χ4v) is 1.93. The minimum atomic E-state index is 0.222. The Bertz CT molecular complexity index is 646. The zero-order valence-corrected chi connectivity index (χ0v) is 11.2. The molecule has 0 bridgehead atoms. The van der Waals surface area contributed by atoms with Crippen molar-refractivity contribution >= 4 is 11.8 Å². The van der Waals surface area contributed by atoms with E-state index >= 15 is 0 Å². The Morgan fingerprint density at radius 2 is 2.00 bits per heavy atom. The van der Waals surface area contributed by atoms with Gasteiger partial charge in [-0.2, -0.15) is 4.99 Å². The maximum absolute atomic E-state index is 10.4. The molecule has 20 heavy (non-hydrogen) atoms. The number of hydrogen-bond acceptors (Lipinski definition) is 4. The maximum atomic E-state index is 10.4. The van der Waals surface area contributed by atoms with Gasteiger partial charge in [-0.05, 0) is 36.2 Å². The van der Waals surface area contributed by atoms with E-state index < -0.39 is 0 Å². The Morgan fingerprint density at radius 1 is 1.20 bits per heavy atom. The Labute approximate surface area is 117 Å². The van der Waals surface area contributed by atoms with Gasteiger partial charge in [0.1, 0.15) is 18.1 Å². The molecule has 4 nitrogen and oxygen atoms in total. The summed E-state index contributed by atoms with van der Waals surface area (Å²) in [5.74, 6) is 0.940. The first-order valence-corrected chi connectivity index (χ1v) is 6.35. The summed E-state index contributed by atoms with van der Waals surface area (Å²) in [5.41, 5.74) is 2.30. The number of aliphatic imine (C=N–C) groups is 1. The molecule has 0 atom stereocenters. The Kier molecular flexibility index (Phi) is 4.53. The normalized spacial score (nSPS) is 9.85. The molecule has 0 heterocycles. The highest BCUT2D eigenvalue weighted by Crippen LogP contribution is 2.26. The van der Waals surface area contributed by atoms with Gasteiger partial charge in [0.2, 0.25) is 6.08 Å². The molecule has 0 fully saturated rings. The van der Waals surface area contributed by atoms with E-state index in [2.05, 4.69) is 4.99 Å². The van der Waals surface area contributed by atoms with E-state index in [-0.39, 0.29) is 5.75 Å². The second kappa shape index (κ2) is 6.55. The number of carbonyl (C=O) groups excluding carboxylic acids is 1. The molecule has 2 rings (SSSR count). The second-order valence-corrected chi connectivity index (χ2v) is 4.27. The van der Waals surface area contributed by atoms with Gasteiger partial charge in [0.25, 0.3) is 0 Å². The summed E-state index contributed by atoms with van der Waals surface area (Å²) in [6, 6.07) is 12.3. The largest absolute Gasteiger partial charge is 0.508 e. The number of phenolic OH excluding ortho intramolecular Hbond substituents is 1. The molecule has 0 amide bonds. The van der Waals surface area contributed by atoms with Crippen molar-refractivity contribution in [3.8, 4) is 11.5 Å². The predicted octanol–water partition coefficient (Wildman–Crippen LogP) is 3.50. The Balaban J connectivity index is 2.19. The van der Waals surface area contributed by atoms with E-state index in [0.29, 0.717) is 12.3 Å². The highest BCUT2D eigenvalue weighted by molar-refractivity contribution is 5.53. The third kappa shape index (κ3) is 3.25. The first-order valence-electron chi connectivity index (χ1n) is 6.35. The molecule has 0 unspecified atom stereocenters. The van der Waals surface area contributed by atoms with Gasteiger partial charge in [-0.1, -0.05) is 25.1 Å². The first kappa shape index (κ1) is 13.8. The minimum absolute atomic E-state index is 0.222. The molecule has 0 aliphatic rings. The summed E-state index contributed by atoms with van der Waals surface area (Å²) in [7, 11) is 0. The lowest BCUT2D eigenvalue weighted by Crippen LogP contribution is -1.98. The number of hydrogen-bond donors (Lipinski definition) is 1. The van der Waals surface area contributed by atoms with Gasteiger partial charge in [0, 0.05) is 5.56 Å². The average Bonchev–Trinajstić information content (AvgIpc) is 2.47. The number of benzene rings is 2. The average molecular weight is 269 g/mol. The number of isocyanates is 1. The summed E-state index contributed by atoms with van der Waals surface area (Å²) >= 11 is 0. The van der Waals surface area contributed by atoms with Crippen molar-refractivity contribution in [3.05, 3.63) is 53.6 Å². The number of phenols is 1. The van der Waals surface area contributed by atoms with Crippen molar-refractivity contribution in [1.82, 2.24) is 0 Å². The second-order valence-electron chi connectivity index (χ2n) is 4.27. The van der Waals surface area contributed by atoms with Crippen LogP contribution in [-0.4, -0.2) is 11.2 Å². The summed E-state index contributed by atoms with van der Waals surface area (Å²) in [6.45, 7) is 2.30. The maximum Gasteiger partial charge on any atom is 0.240 e. The van der Waals surface area contributed by atoms with Gasteiger partial charge in [-0.3, -0.25) is 0 Å². The molecule has 2 aromatic carbocycles. The lowest BCUT2D eigenvalue weighted by molar-refractivity contribution is 0.303. The van der Waals surface area contributed by atoms with Crippen LogP contribution in [-0.2, 0) is 17.8 Å². The van der Waals surface area contributed by atoms with E-state index in [1.54, 1.807) is 30.3 Å². The molecule has 4 heteroatoms. The van der Waals surface area contributed by atoms with E-state index in [4.69, 9.17) is 4.74 Å². The molecule has 0 aliphatic heterocycles. The number of para-hydroxylation sites is 1. The predicted molar refractivity (Wildman–Crippen MR) is 76.0 cm³/mol. The van der Waals surface area contributed by atoms with Crippen LogP contribution in [0.3, 0.4) is 0 Å². The zero-order chi connectivity index (χ0) is 14.4. The lowest BCUT2D eigenvalue weighted by Gasteiger charge is -2.11. The van der Waals surface area contributed by atoms with E-state index in [1.165, 1.54) is 6.08 Å².